The minimum atomic E-state index is 0.281. The van der Waals surface area contributed by atoms with Crippen LogP contribution < -0.4 is 14.8 Å². The topological polar surface area (TPSA) is 39.7 Å². The van der Waals surface area contributed by atoms with E-state index in [1.807, 2.05) is 50.2 Å². The van der Waals surface area contributed by atoms with Crippen LogP contribution in [0.15, 0.2) is 40.9 Å². The maximum Gasteiger partial charge on any atom is 0.162 e. The second-order valence-corrected chi connectivity index (χ2v) is 7.75. The highest BCUT2D eigenvalue weighted by Gasteiger charge is 2.11. The number of methoxy groups -OCH3 is 1. The Morgan fingerprint density at radius 3 is 2.52 bits per heavy atom. The van der Waals surface area contributed by atoms with Crippen molar-refractivity contribution in [3.8, 4) is 11.5 Å². The summed E-state index contributed by atoms with van der Waals surface area (Å²) in [6, 6.07) is 11.6. The van der Waals surface area contributed by atoms with Gasteiger partial charge in [-0.1, -0.05) is 39.7 Å². The highest BCUT2D eigenvalue weighted by atomic mass is 79.9. The van der Waals surface area contributed by atoms with E-state index in [2.05, 4.69) is 21.2 Å². The van der Waals surface area contributed by atoms with Crippen LogP contribution in [0.4, 0.5) is 0 Å². The van der Waals surface area contributed by atoms with Gasteiger partial charge >= 0.3 is 0 Å². The van der Waals surface area contributed by atoms with Crippen LogP contribution in [0, 0.1) is 0 Å². The summed E-state index contributed by atoms with van der Waals surface area (Å²) < 4.78 is 18.0. The van der Waals surface area contributed by atoms with Crippen LogP contribution in [0.3, 0.4) is 0 Å². The Kier molecular flexibility index (Phi) is 9.42. The third-order valence-corrected chi connectivity index (χ3v) is 4.89. The van der Waals surface area contributed by atoms with Crippen molar-refractivity contribution in [2.75, 3.05) is 20.3 Å². The summed E-state index contributed by atoms with van der Waals surface area (Å²) in [5, 5.41) is 4.15. The highest BCUT2D eigenvalue weighted by molar-refractivity contribution is 9.10. The molecule has 4 nitrogen and oxygen atoms in total. The smallest absolute Gasteiger partial charge is 0.162 e. The standard InChI is InChI=1S/C21H27BrClNO3/c1-15(2)26-10-4-9-24-13-17-11-20(25-3)21(12-19(17)22)27-14-16-5-7-18(23)8-6-16/h5-8,11-12,15,24H,4,9-10,13-14H2,1-3H3. The number of hydrogen-bond acceptors (Lipinski definition) is 4. The molecular formula is C21H27BrClNO3. The molecule has 0 aromatic heterocycles. The second kappa shape index (κ2) is 11.5. The Bertz CT molecular complexity index is 707. The number of benzene rings is 2. The SMILES string of the molecule is COc1cc(CNCCCOC(C)C)c(Br)cc1OCc1ccc(Cl)cc1. The van der Waals surface area contributed by atoms with Crippen LogP contribution in [0.1, 0.15) is 31.4 Å². The Morgan fingerprint density at radius 1 is 1.11 bits per heavy atom. The van der Waals surface area contributed by atoms with E-state index in [1.54, 1.807) is 7.11 Å². The fourth-order valence-electron chi connectivity index (χ4n) is 2.47. The molecule has 0 atom stereocenters. The molecule has 0 fully saturated rings. The van der Waals surface area contributed by atoms with E-state index in [9.17, 15) is 0 Å². The van der Waals surface area contributed by atoms with Crippen molar-refractivity contribution in [2.45, 2.75) is 39.5 Å². The van der Waals surface area contributed by atoms with E-state index >= 15 is 0 Å². The van der Waals surface area contributed by atoms with Gasteiger partial charge in [0.1, 0.15) is 6.61 Å². The molecule has 27 heavy (non-hydrogen) atoms. The van der Waals surface area contributed by atoms with E-state index in [0.717, 1.165) is 41.7 Å². The Hall–Kier alpha value is -1.27. The van der Waals surface area contributed by atoms with Gasteiger partial charge in [-0.2, -0.15) is 0 Å². The van der Waals surface area contributed by atoms with Crippen LogP contribution in [0.25, 0.3) is 0 Å². The molecule has 0 saturated heterocycles. The fraction of sp³-hybridized carbons (Fsp3) is 0.429. The largest absolute Gasteiger partial charge is 0.493 e. The molecule has 148 valence electrons. The van der Waals surface area contributed by atoms with E-state index in [-0.39, 0.29) is 6.10 Å². The van der Waals surface area contributed by atoms with Gasteiger partial charge < -0.3 is 19.5 Å². The Labute approximate surface area is 175 Å². The average Bonchev–Trinajstić information content (AvgIpc) is 2.65. The first-order chi connectivity index (χ1) is 13.0. The molecule has 0 bridgehead atoms. The van der Waals surface area contributed by atoms with Crippen molar-refractivity contribution < 1.29 is 14.2 Å². The molecule has 0 spiro atoms. The lowest BCUT2D eigenvalue weighted by molar-refractivity contribution is 0.0770. The van der Waals surface area contributed by atoms with Crippen molar-refractivity contribution in [2.24, 2.45) is 0 Å². The monoisotopic (exact) mass is 455 g/mol. The van der Waals surface area contributed by atoms with Gasteiger partial charge in [0, 0.05) is 22.6 Å². The van der Waals surface area contributed by atoms with Gasteiger partial charge in [0.05, 0.1) is 13.2 Å². The number of ether oxygens (including phenoxy) is 3. The number of rotatable bonds is 11. The summed E-state index contributed by atoms with van der Waals surface area (Å²) in [6.07, 6.45) is 1.26. The normalized spacial score (nSPS) is 11.0. The van der Waals surface area contributed by atoms with Gasteiger partial charge in [0.25, 0.3) is 0 Å². The molecule has 6 heteroatoms. The summed E-state index contributed by atoms with van der Waals surface area (Å²) in [6.45, 7) is 6.97. The molecule has 2 aromatic carbocycles. The molecule has 2 aromatic rings. The minimum absolute atomic E-state index is 0.281. The summed E-state index contributed by atoms with van der Waals surface area (Å²) in [5.74, 6) is 1.42. The van der Waals surface area contributed by atoms with Crippen molar-refractivity contribution in [1.29, 1.82) is 0 Å². The van der Waals surface area contributed by atoms with E-state index in [4.69, 9.17) is 25.8 Å². The lowest BCUT2D eigenvalue weighted by atomic mass is 10.2. The zero-order valence-corrected chi connectivity index (χ0v) is 18.4. The van der Waals surface area contributed by atoms with Crippen molar-refractivity contribution in [3.63, 3.8) is 0 Å². The van der Waals surface area contributed by atoms with E-state index in [1.165, 1.54) is 0 Å². The quantitative estimate of drug-likeness (QED) is 0.447. The molecule has 0 aliphatic rings. The molecular weight excluding hydrogens is 430 g/mol. The first kappa shape index (κ1) is 22.0. The maximum absolute atomic E-state index is 5.93. The third-order valence-electron chi connectivity index (χ3n) is 3.90. The lowest BCUT2D eigenvalue weighted by Crippen LogP contribution is -2.17. The number of halogens is 2. The summed E-state index contributed by atoms with van der Waals surface area (Å²) in [7, 11) is 1.65. The van der Waals surface area contributed by atoms with E-state index < -0.39 is 0 Å². The Balaban J connectivity index is 1.90. The lowest BCUT2D eigenvalue weighted by Gasteiger charge is -2.15. The van der Waals surface area contributed by atoms with Crippen molar-refractivity contribution >= 4 is 27.5 Å². The Morgan fingerprint density at radius 2 is 1.85 bits per heavy atom. The number of hydrogen-bond donors (Lipinski definition) is 1. The van der Waals surface area contributed by atoms with Crippen LogP contribution in [0.2, 0.25) is 5.02 Å². The van der Waals surface area contributed by atoms with Crippen LogP contribution in [-0.2, 0) is 17.9 Å². The fourth-order valence-corrected chi connectivity index (χ4v) is 3.05. The average molecular weight is 457 g/mol. The predicted molar refractivity (Wildman–Crippen MR) is 114 cm³/mol. The van der Waals surface area contributed by atoms with Gasteiger partial charge in [-0.3, -0.25) is 0 Å². The van der Waals surface area contributed by atoms with Crippen LogP contribution >= 0.6 is 27.5 Å². The first-order valence-electron chi connectivity index (χ1n) is 9.05. The van der Waals surface area contributed by atoms with Gasteiger partial charge in [0.2, 0.25) is 0 Å². The molecule has 1 N–H and O–H groups in total. The predicted octanol–water partition coefficient (Wildman–Crippen LogP) is 5.59. The molecule has 0 aliphatic carbocycles. The second-order valence-electron chi connectivity index (χ2n) is 6.46. The van der Waals surface area contributed by atoms with Gasteiger partial charge in [-0.25, -0.2) is 0 Å². The summed E-state index contributed by atoms with van der Waals surface area (Å²) >= 11 is 9.55. The molecule has 0 aliphatic heterocycles. The van der Waals surface area contributed by atoms with Gasteiger partial charge in [-0.15, -0.1) is 0 Å². The van der Waals surface area contributed by atoms with Gasteiger partial charge in [-0.05, 0) is 62.2 Å². The first-order valence-corrected chi connectivity index (χ1v) is 10.2. The van der Waals surface area contributed by atoms with Crippen molar-refractivity contribution in [1.82, 2.24) is 5.32 Å². The molecule has 0 heterocycles. The molecule has 0 unspecified atom stereocenters. The van der Waals surface area contributed by atoms with Gasteiger partial charge in [0.15, 0.2) is 11.5 Å². The molecule has 2 rings (SSSR count). The molecule has 0 saturated carbocycles. The van der Waals surface area contributed by atoms with E-state index in [0.29, 0.717) is 23.1 Å². The summed E-state index contributed by atoms with van der Waals surface area (Å²) in [4.78, 5) is 0. The highest BCUT2D eigenvalue weighted by Crippen LogP contribution is 2.34. The van der Waals surface area contributed by atoms with Crippen LogP contribution in [-0.4, -0.2) is 26.4 Å². The zero-order chi connectivity index (χ0) is 19.6. The minimum Gasteiger partial charge on any atom is -0.493 e. The number of nitrogens with one attached hydrogen (secondary N) is 1. The summed E-state index contributed by atoms with van der Waals surface area (Å²) in [5.41, 5.74) is 2.17. The molecule has 0 radical (unpaired) electrons. The van der Waals surface area contributed by atoms with Crippen LogP contribution in [0.5, 0.6) is 11.5 Å². The zero-order valence-electron chi connectivity index (χ0n) is 16.1. The maximum atomic E-state index is 5.93. The molecule has 0 amide bonds. The van der Waals surface area contributed by atoms with Crippen molar-refractivity contribution in [3.05, 3.63) is 57.0 Å². The third kappa shape index (κ3) is 7.70.